The Labute approximate surface area is 102 Å². The Kier molecular flexibility index (Phi) is 3.78. The van der Waals surface area contributed by atoms with Gasteiger partial charge in [0.25, 0.3) is 0 Å². The van der Waals surface area contributed by atoms with Crippen molar-refractivity contribution in [3.8, 4) is 0 Å². The fourth-order valence-corrected chi connectivity index (χ4v) is 2.32. The van der Waals surface area contributed by atoms with Gasteiger partial charge in [-0.3, -0.25) is 9.48 Å². The number of aromatic nitrogens is 2. The third kappa shape index (κ3) is 2.66. The first-order valence-corrected chi connectivity index (χ1v) is 6.18. The van der Waals surface area contributed by atoms with Crippen LogP contribution in [0.3, 0.4) is 0 Å². The zero-order valence-electron chi connectivity index (χ0n) is 10.3. The molecule has 0 bridgehead atoms. The molecule has 1 aliphatic heterocycles. The number of amides is 1. The number of hydrogen-bond donors (Lipinski definition) is 1. The Balaban J connectivity index is 2.01. The fraction of sp³-hybridized carbons (Fsp3) is 0.667. The number of aryl methyl sites for hydroxylation is 1. The molecule has 5 heteroatoms. The van der Waals surface area contributed by atoms with Gasteiger partial charge in [-0.05, 0) is 18.9 Å². The highest BCUT2D eigenvalue weighted by Crippen LogP contribution is 2.15. The number of likely N-dealkylation sites (tertiary alicyclic amines) is 1. The van der Waals surface area contributed by atoms with Crippen molar-refractivity contribution in [2.45, 2.75) is 19.3 Å². The molecule has 1 fully saturated rings. The van der Waals surface area contributed by atoms with E-state index in [1.54, 1.807) is 10.9 Å². The number of rotatable bonds is 4. The Morgan fingerprint density at radius 2 is 2.24 bits per heavy atom. The van der Waals surface area contributed by atoms with Crippen LogP contribution in [-0.2, 0) is 18.3 Å². The van der Waals surface area contributed by atoms with Gasteiger partial charge in [0.15, 0.2) is 0 Å². The van der Waals surface area contributed by atoms with Crippen molar-refractivity contribution in [2.75, 3.05) is 19.6 Å². The Morgan fingerprint density at radius 1 is 1.53 bits per heavy atom. The molecule has 0 radical (unpaired) electrons. The molecule has 2 heterocycles. The number of hydrogen-bond acceptors (Lipinski definition) is 3. The molecule has 1 aromatic heterocycles. The van der Waals surface area contributed by atoms with Gasteiger partial charge in [-0.15, -0.1) is 0 Å². The van der Waals surface area contributed by atoms with Gasteiger partial charge in [-0.25, -0.2) is 0 Å². The van der Waals surface area contributed by atoms with Gasteiger partial charge in [0, 0.05) is 45.0 Å². The zero-order chi connectivity index (χ0) is 12.3. The van der Waals surface area contributed by atoms with E-state index in [0.717, 1.165) is 31.6 Å². The molecule has 5 nitrogen and oxygen atoms in total. The number of nitrogens with zero attached hydrogens (tertiary/aromatic N) is 3. The van der Waals surface area contributed by atoms with Crippen molar-refractivity contribution >= 4 is 5.91 Å². The Bertz CT molecular complexity index is 382. The summed E-state index contributed by atoms with van der Waals surface area (Å²) < 4.78 is 1.81. The minimum absolute atomic E-state index is 0.108. The van der Waals surface area contributed by atoms with Crippen LogP contribution in [0.25, 0.3) is 0 Å². The standard InChI is InChI=1S/C12H20N4O/c1-15-11(4-5-14-15)8-10(9-13)12(17)16-6-2-3-7-16/h4-5,10H,2-3,6-9,13H2,1H3. The maximum Gasteiger partial charge on any atom is 0.227 e. The second kappa shape index (κ2) is 5.31. The topological polar surface area (TPSA) is 64.2 Å². The first-order chi connectivity index (χ1) is 8.22. The molecule has 0 saturated carbocycles. The lowest BCUT2D eigenvalue weighted by Crippen LogP contribution is -2.38. The average Bonchev–Trinajstić information content (AvgIpc) is 2.97. The molecule has 1 aromatic rings. The van der Waals surface area contributed by atoms with Crippen molar-refractivity contribution in [1.29, 1.82) is 0 Å². The lowest BCUT2D eigenvalue weighted by atomic mass is 10.0. The van der Waals surface area contributed by atoms with Crippen molar-refractivity contribution in [2.24, 2.45) is 18.7 Å². The van der Waals surface area contributed by atoms with Crippen LogP contribution in [0.15, 0.2) is 12.3 Å². The fourth-order valence-electron chi connectivity index (χ4n) is 2.32. The first kappa shape index (κ1) is 12.1. The first-order valence-electron chi connectivity index (χ1n) is 6.18. The van der Waals surface area contributed by atoms with Gasteiger partial charge in [0.2, 0.25) is 5.91 Å². The molecule has 1 unspecified atom stereocenters. The molecule has 0 spiro atoms. The molecule has 1 aliphatic rings. The van der Waals surface area contributed by atoms with E-state index >= 15 is 0 Å². The van der Waals surface area contributed by atoms with Crippen LogP contribution in [0.5, 0.6) is 0 Å². The van der Waals surface area contributed by atoms with E-state index in [9.17, 15) is 4.79 Å². The molecule has 0 aromatic carbocycles. The number of nitrogens with two attached hydrogens (primary N) is 1. The lowest BCUT2D eigenvalue weighted by molar-refractivity contribution is -0.134. The summed E-state index contributed by atoms with van der Waals surface area (Å²) in [6, 6.07) is 1.94. The van der Waals surface area contributed by atoms with E-state index in [-0.39, 0.29) is 11.8 Å². The summed E-state index contributed by atoms with van der Waals surface area (Å²) in [4.78, 5) is 14.2. The maximum absolute atomic E-state index is 12.2. The molecule has 1 saturated heterocycles. The number of carbonyl (C=O) groups excluding carboxylic acids is 1. The van der Waals surface area contributed by atoms with Crippen LogP contribution in [0, 0.1) is 5.92 Å². The molecule has 2 rings (SSSR count). The highest BCUT2D eigenvalue weighted by Gasteiger charge is 2.26. The van der Waals surface area contributed by atoms with E-state index in [0.29, 0.717) is 13.0 Å². The van der Waals surface area contributed by atoms with E-state index < -0.39 is 0 Å². The van der Waals surface area contributed by atoms with E-state index in [4.69, 9.17) is 5.73 Å². The highest BCUT2D eigenvalue weighted by molar-refractivity contribution is 5.79. The molecule has 2 N–H and O–H groups in total. The average molecular weight is 236 g/mol. The van der Waals surface area contributed by atoms with Crippen LogP contribution in [0.1, 0.15) is 18.5 Å². The third-order valence-corrected chi connectivity index (χ3v) is 3.43. The normalized spacial score (nSPS) is 17.4. The van der Waals surface area contributed by atoms with Crippen LogP contribution in [-0.4, -0.2) is 40.2 Å². The zero-order valence-corrected chi connectivity index (χ0v) is 10.3. The molecule has 1 amide bonds. The van der Waals surface area contributed by atoms with Crippen molar-refractivity contribution < 1.29 is 4.79 Å². The highest BCUT2D eigenvalue weighted by atomic mass is 16.2. The third-order valence-electron chi connectivity index (χ3n) is 3.43. The second-order valence-electron chi connectivity index (χ2n) is 4.62. The summed E-state index contributed by atoms with van der Waals surface area (Å²) >= 11 is 0. The largest absolute Gasteiger partial charge is 0.342 e. The van der Waals surface area contributed by atoms with Crippen LogP contribution in [0.2, 0.25) is 0 Å². The summed E-state index contributed by atoms with van der Waals surface area (Å²) in [5.41, 5.74) is 6.79. The summed E-state index contributed by atoms with van der Waals surface area (Å²) in [5.74, 6) is 0.0923. The van der Waals surface area contributed by atoms with Crippen molar-refractivity contribution in [1.82, 2.24) is 14.7 Å². The second-order valence-corrected chi connectivity index (χ2v) is 4.62. The van der Waals surface area contributed by atoms with Gasteiger partial charge in [-0.2, -0.15) is 5.10 Å². The molecule has 17 heavy (non-hydrogen) atoms. The smallest absolute Gasteiger partial charge is 0.227 e. The minimum Gasteiger partial charge on any atom is -0.342 e. The Morgan fingerprint density at radius 3 is 2.76 bits per heavy atom. The van der Waals surface area contributed by atoms with Gasteiger partial charge in [0.1, 0.15) is 0 Å². The minimum atomic E-state index is -0.108. The summed E-state index contributed by atoms with van der Waals surface area (Å²) in [5, 5.41) is 4.11. The van der Waals surface area contributed by atoms with Gasteiger partial charge < -0.3 is 10.6 Å². The molecule has 0 aliphatic carbocycles. The monoisotopic (exact) mass is 236 g/mol. The van der Waals surface area contributed by atoms with Gasteiger partial charge in [-0.1, -0.05) is 0 Å². The Hall–Kier alpha value is -1.36. The van der Waals surface area contributed by atoms with E-state index in [1.165, 1.54) is 0 Å². The van der Waals surface area contributed by atoms with Crippen LogP contribution in [0.4, 0.5) is 0 Å². The van der Waals surface area contributed by atoms with Gasteiger partial charge >= 0.3 is 0 Å². The van der Waals surface area contributed by atoms with Gasteiger partial charge in [0.05, 0.1) is 5.92 Å². The molecule has 1 atom stereocenters. The maximum atomic E-state index is 12.2. The lowest BCUT2D eigenvalue weighted by Gasteiger charge is -2.22. The SMILES string of the molecule is Cn1nccc1CC(CN)C(=O)N1CCCC1. The van der Waals surface area contributed by atoms with Crippen molar-refractivity contribution in [3.05, 3.63) is 18.0 Å². The predicted molar refractivity (Wildman–Crippen MR) is 65.3 cm³/mol. The molecular weight excluding hydrogens is 216 g/mol. The summed E-state index contributed by atoms with van der Waals surface area (Å²) in [6.45, 7) is 2.18. The quantitative estimate of drug-likeness (QED) is 0.810. The summed E-state index contributed by atoms with van der Waals surface area (Å²) in [6.07, 6.45) is 4.68. The van der Waals surface area contributed by atoms with Crippen LogP contribution < -0.4 is 5.73 Å². The summed E-state index contributed by atoms with van der Waals surface area (Å²) in [7, 11) is 1.89. The number of carbonyl (C=O) groups is 1. The predicted octanol–water partition coefficient (Wildman–Crippen LogP) is 0.160. The molecular formula is C12H20N4O. The molecule has 94 valence electrons. The van der Waals surface area contributed by atoms with Crippen molar-refractivity contribution in [3.63, 3.8) is 0 Å². The van der Waals surface area contributed by atoms with E-state index in [1.807, 2.05) is 18.0 Å². The van der Waals surface area contributed by atoms with Crippen LogP contribution >= 0.6 is 0 Å². The van der Waals surface area contributed by atoms with E-state index in [2.05, 4.69) is 5.10 Å².